The van der Waals surface area contributed by atoms with E-state index in [1.165, 1.54) is 6.20 Å². The third-order valence-corrected chi connectivity index (χ3v) is 0.418. The highest BCUT2D eigenvalue weighted by Crippen LogP contribution is 1.51. The maximum atomic E-state index is 4.97. The molecule has 0 aromatic heterocycles. The molecule has 50 valence electrons. The first-order valence-corrected chi connectivity index (χ1v) is 3.02. The van der Waals surface area contributed by atoms with Crippen LogP contribution in [0.1, 0.15) is 20.8 Å². The molecular formula is C6H16N2. The van der Waals surface area contributed by atoms with Gasteiger partial charge in [0.05, 0.1) is 0 Å². The second-order valence-electron chi connectivity index (χ2n) is 0.917. The van der Waals surface area contributed by atoms with Crippen LogP contribution < -0.4 is 11.1 Å². The molecule has 0 bridgehead atoms. The fourth-order valence-electron chi connectivity index (χ4n) is 0.186. The Hall–Kier alpha value is -0.660. The van der Waals surface area contributed by atoms with Crippen LogP contribution in [0, 0.1) is 0 Å². The van der Waals surface area contributed by atoms with Gasteiger partial charge >= 0.3 is 0 Å². The van der Waals surface area contributed by atoms with Gasteiger partial charge in [-0.1, -0.05) is 13.8 Å². The number of rotatable bonds is 2. The van der Waals surface area contributed by atoms with Gasteiger partial charge in [-0.2, -0.15) is 0 Å². The second-order valence-corrected chi connectivity index (χ2v) is 0.917. The van der Waals surface area contributed by atoms with Crippen molar-refractivity contribution in [3.8, 4) is 0 Å². The zero-order chi connectivity index (χ0) is 6.83. The lowest BCUT2D eigenvalue weighted by Crippen LogP contribution is -2.02. The number of hydrogen-bond donors (Lipinski definition) is 2. The molecule has 0 heterocycles. The van der Waals surface area contributed by atoms with E-state index in [9.17, 15) is 0 Å². The van der Waals surface area contributed by atoms with E-state index in [0.717, 1.165) is 6.54 Å². The number of nitrogens with two attached hydrogens (primary N) is 1. The lowest BCUT2D eigenvalue weighted by Gasteiger charge is -1.85. The first-order valence-electron chi connectivity index (χ1n) is 3.02. The zero-order valence-electron chi connectivity index (χ0n) is 5.94. The minimum atomic E-state index is 0.938. The second kappa shape index (κ2) is 16.2. The van der Waals surface area contributed by atoms with Gasteiger partial charge < -0.3 is 11.1 Å². The summed E-state index contributed by atoms with van der Waals surface area (Å²) in [6.45, 7) is 6.95. The van der Waals surface area contributed by atoms with E-state index in [1.54, 1.807) is 6.20 Å². The fourth-order valence-corrected chi connectivity index (χ4v) is 0.186. The Balaban J connectivity index is 0. The van der Waals surface area contributed by atoms with Crippen molar-refractivity contribution in [1.82, 2.24) is 5.32 Å². The molecule has 0 fully saturated rings. The molecule has 0 aliphatic rings. The van der Waals surface area contributed by atoms with E-state index in [1.807, 2.05) is 20.8 Å². The molecule has 2 nitrogen and oxygen atoms in total. The van der Waals surface area contributed by atoms with Crippen molar-refractivity contribution in [1.29, 1.82) is 0 Å². The summed E-state index contributed by atoms with van der Waals surface area (Å²) in [5, 5.41) is 2.89. The molecule has 0 amide bonds. The predicted octanol–water partition coefficient (Wildman–Crippen LogP) is 1.05. The average Bonchev–Trinajstić information content (AvgIpc) is 1.88. The molecular weight excluding hydrogens is 100 g/mol. The number of hydrogen-bond acceptors (Lipinski definition) is 2. The third-order valence-electron chi connectivity index (χ3n) is 0.418. The van der Waals surface area contributed by atoms with Crippen LogP contribution in [0.2, 0.25) is 0 Å². The maximum Gasteiger partial charge on any atom is 0.0122 e. The highest BCUT2D eigenvalue weighted by atomic mass is 14.8. The summed E-state index contributed by atoms with van der Waals surface area (Å²) in [5.74, 6) is 0. The summed E-state index contributed by atoms with van der Waals surface area (Å²) >= 11 is 0. The van der Waals surface area contributed by atoms with Gasteiger partial charge in [-0.15, -0.1) is 0 Å². The molecule has 0 aliphatic carbocycles. The molecule has 0 aromatic carbocycles. The molecule has 0 unspecified atom stereocenters. The van der Waals surface area contributed by atoms with Crippen molar-refractivity contribution in [2.45, 2.75) is 20.8 Å². The van der Waals surface area contributed by atoms with Crippen LogP contribution >= 0.6 is 0 Å². The van der Waals surface area contributed by atoms with Crippen molar-refractivity contribution in [2.24, 2.45) is 5.73 Å². The van der Waals surface area contributed by atoms with Crippen molar-refractivity contribution in [3.63, 3.8) is 0 Å². The SMILES string of the molecule is CC.CCN/C=C\N. The normalized spacial score (nSPS) is 7.88. The average molecular weight is 116 g/mol. The van der Waals surface area contributed by atoms with Gasteiger partial charge in [-0.25, -0.2) is 0 Å². The summed E-state index contributed by atoms with van der Waals surface area (Å²) < 4.78 is 0. The van der Waals surface area contributed by atoms with Crippen LogP contribution in [0.25, 0.3) is 0 Å². The highest BCUT2D eigenvalue weighted by molar-refractivity contribution is 4.70. The van der Waals surface area contributed by atoms with Gasteiger partial charge in [-0.05, 0) is 6.92 Å². The summed E-state index contributed by atoms with van der Waals surface area (Å²) in [4.78, 5) is 0. The summed E-state index contributed by atoms with van der Waals surface area (Å²) in [5.41, 5.74) is 4.97. The van der Waals surface area contributed by atoms with Crippen molar-refractivity contribution < 1.29 is 0 Å². The Kier molecular flexibility index (Phi) is 21.0. The smallest absolute Gasteiger partial charge is 0.0122 e. The fraction of sp³-hybridized carbons (Fsp3) is 0.667. The van der Waals surface area contributed by atoms with Gasteiger partial charge in [0.2, 0.25) is 0 Å². The molecule has 0 aliphatic heterocycles. The molecule has 3 N–H and O–H groups in total. The standard InChI is InChI=1S/C4H10N2.C2H6/c1-2-6-4-3-5;1-2/h3-4,6H,2,5H2,1H3;1-2H3/b4-3-;. The molecule has 0 radical (unpaired) electrons. The van der Waals surface area contributed by atoms with E-state index < -0.39 is 0 Å². The van der Waals surface area contributed by atoms with Gasteiger partial charge in [0.15, 0.2) is 0 Å². The van der Waals surface area contributed by atoms with E-state index >= 15 is 0 Å². The van der Waals surface area contributed by atoms with E-state index in [2.05, 4.69) is 5.32 Å². The quantitative estimate of drug-likeness (QED) is 0.566. The van der Waals surface area contributed by atoms with Crippen molar-refractivity contribution in [3.05, 3.63) is 12.4 Å². The van der Waals surface area contributed by atoms with Crippen molar-refractivity contribution >= 4 is 0 Å². The monoisotopic (exact) mass is 116 g/mol. The van der Waals surface area contributed by atoms with Gasteiger partial charge in [0, 0.05) is 18.9 Å². The van der Waals surface area contributed by atoms with Crippen LogP contribution in [0.3, 0.4) is 0 Å². The molecule has 2 heteroatoms. The van der Waals surface area contributed by atoms with Crippen LogP contribution in [-0.4, -0.2) is 6.54 Å². The van der Waals surface area contributed by atoms with Crippen LogP contribution in [0.4, 0.5) is 0 Å². The lowest BCUT2D eigenvalue weighted by atomic mass is 10.7. The van der Waals surface area contributed by atoms with Gasteiger partial charge in [0.1, 0.15) is 0 Å². The first-order chi connectivity index (χ1) is 3.91. The Labute approximate surface area is 51.8 Å². The van der Waals surface area contributed by atoms with E-state index in [4.69, 9.17) is 5.73 Å². The van der Waals surface area contributed by atoms with Gasteiger partial charge in [-0.3, -0.25) is 0 Å². The van der Waals surface area contributed by atoms with Crippen LogP contribution in [0.15, 0.2) is 12.4 Å². The Bertz CT molecular complexity index is 41.8. The zero-order valence-corrected chi connectivity index (χ0v) is 5.94. The van der Waals surface area contributed by atoms with Gasteiger partial charge in [0.25, 0.3) is 0 Å². The van der Waals surface area contributed by atoms with E-state index in [-0.39, 0.29) is 0 Å². The molecule has 0 spiro atoms. The molecule has 0 rings (SSSR count). The molecule has 0 saturated heterocycles. The number of nitrogens with one attached hydrogen (secondary N) is 1. The van der Waals surface area contributed by atoms with Crippen molar-refractivity contribution in [2.75, 3.05) is 6.54 Å². The van der Waals surface area contributed by atoms with Crippen LogP contribution in [-0.2, 0) is 0 Å². The maximum absolute atomic E-state index is 4.97. The topological polar surface area (TPSA) is 38.0 Å². The summed E-state index contributed by atoms with van der Waals surface area (Å²) in [6, 6.07) is 0. The highest BCUT2D eigenvalue weighted by Gasteiger charge is 1.58. The molecule has 0 saturated carbocycles. The third kappa shape index (κ3) is 18.4. The Morgan fingerprint density at radius 3 is 2.12 bits per heavy atom. The predicted molar refractivity (Wildman–Crippen MR) is 38.4 cm³/mol. The summed E-state index contributed by atoms with van der Waals surface area (Å²) in [6.07, 6.45) is 3.18. The Morgan fingerprint density at radius 1 is 1.50 bits per heavy atom. The van der Waals surface area contributed by atoms with Crippen LogP contribution in [0.5, 0.6) is 0 Å². The molecule has 0 atom stereocenters. The molecule has 8 heavy (non-hydrogen) atoms. The minimum absolute atomic E-state index is 0.938. The largest absolute Gasteiger partial charge is 0.403 e. The Morgan fingerprint density at radius 2 is 2.00 bits per heavy atom. The first kappa shape index (κ1) is 10.3. The minimum Gasteiger partial charge on any atom is -0.403 e. The van der Waals surface area contributed by atoms with E-state index in [0.29, 0.717) is 0 Å². The molecule has 0 aromatic rings. The summed E-state index contributed by atoms with van der Waals surface area (Å²) in [7, 11) is 0. The lowest BCUT2D eigenvalue weighted by molar-refractivity contribution is 0.916.